The Bertz CT molecular complexity index is 1010. The van der Waals surface area contributed by atoms with Gasteiger partial charge >= 0.3 is 17.9 Å². The number of ether oxygens (including phenoxy) is 3. The number of carbonyl (C=O) groups is 3. The first-order valence-electron chi connectivity index (χ1n) is 21.2. The highest BCUT2D eigenvalue weighted by atomic mass is 16.6. The molecular formula is C45H80NO7+. The van der Waals surface area contributed by atoms with Crippen LogP contribution in [0.1, 0.15) is 168 Å². The number of carbonyl (C=O) groups excluding carboxylic acids is 2. The number of hydrogen-bond donors (Lipinski definition) is 1. The zero-order chi connectivity index (χ0) is 39.3. The van der Waals surface area contributed by atoms with Gasteiger partial charge in [-0.05, 0) is 70.6 Å². The monoisotopic (exact) mass is 747 g/mol. The highest BCUT2D eigenvalue weighted by molar-refractivity contribution is 5.72. The van der Waals surface area contributed by atoms with E-state index in [1.165, 1.54) is 38.5 Å². The van der Waals surface area contributed by atoms with E-state index in [2.05, 4.69) is 62.5 Å². The maximum absolute atomic E-state index is 12.7. The van der Waals surface area contributed by atoms with Crippen LogP contribution in [0.4, 0.5) is 0 Å². The molecule has 8 nitrogen and oxygen atoms in total. The summed E-state index contributed by atoms with van der Waals surface area (Å²) in [6, 6.07) is -0.619. The van der Waals surface area contributed by atoms with Gasteiger partial charge in [-0.15, -0.1) is 0 Å². The van der Waals surface area contributed by atoms with Gasteiger partial charge in [0.15, 0.2) is 12.1 Å². The normalized spacial score (nSPS) is 13.5. The molecule has 53 heavy (non-hydrogen) atoms. The number of aliphatic carboxylic acids is 1. The molecule has 0 saturated heterocycles. The molecule has 0 heterocycles. The Morgan fingerprint density at radius 1 is 0.566 bits per heavy atom. The van der Waals surface area contributed by atoms with Crippen molar-refractivity contribution in [3.63, 3.8) is 0 Å². The van der Waals surface area contributed by atoms with Gasteiger partial charge in [-0.3, -0.25) is 9.59 Å². The maximum atomic E-state index is 12.7. The van der Waals surface area contributed by atoms with Crippen LogP contribution in [-0.4, -0.2) is 80.6 Å². The fraction of sp³-hybridized carbons (Fsp3) is 0.756. The molecule has 0 aliphatic heterocycles. The van der Waals surface area contributed by atoms with Crippen LogP contribution < -0.4 is 0 Å². The first kappa shape index (κ1) is 50.3. The zero-order valence-electron chi connectivity index (χ0n) is 34.7. The summed E-state index contributed by atoms with van der Waals surface area (Å²) in [6.07, 6.45) is 41.5. The number of carboxylic acids is 1. The van der Waals surface area contributed by atoms with Crippen LogP contribution in [0.2, 0.25) is 0 Å². The smallest absolute Gasteiger partial charge is 0.362 e. The summed E-state index contributed by atoms with van der Waals surface area (Å²) in [4.78, 5) is 36.9. The molecule has 0 saturated carbocycles. The lowest BCUT2D eigenvalue weighted by Gasteiger charge is -2.31. The summed E-state index contributed by atoms with van der Waals surface area (Å²) in [5, 5.41) is 9.60. The molecule has 0 fully saturated rings. The summed E-state index contributed by atoms with van der Waals surface area (Å²) in [7, 11) is 5.51. The lowest BCUT2D eigenvalue weighted by atomic mass is 10.1. The Balaban J connectivity index is 4.42. The molecule has 0 rings (SSSR count). The van der Waals surface area contributed by atoms with E-state index in [0.29, 0.717) is 19.3 Å². The number of allylic oxidation sites excluding steroid dienone is 8. The molecule has 306 valence electrons. The molecule has 0 aromatic heterocycles. The number of esters is 2. The summed E-state index contributed by atoms with van der Waals surface area (Å²) in [6.45, 7) is 4.61. The molecule has 0 radical (unpaired) electrons. The second-order valence-corrected chi connectivity index (χ2v) is 15.2. The van der Waals surface area contributed by atoms with Crippen molar-refractivity contribution in [3.8, 4) is 0 Å². The number of likely N-dealkylation sites (N-methyl/N-ethyl adjacent to an activating group) is 1. The molecule has 2 unspecified atom stereocenters. The number of carboxylic acid groups (broad SMARTS) is 1. The van der Waals surface area contributed by atoms with E-state index in [1.807, 2.05) is 21.1 Å². The minimum Gasteiger partial charge on any atom is -0.477 e. The second-order valence-electron chi connectivity index (χ2n) is 15.2. The number of nitrogens with zero attached hydrogens (tertiary/aromatic N) is 1. The van der Waals surface area contributed by atoms with E-state index in [9.17, 15) is 19.5 Å². The Kier molecular flexibility index (Phi) is 34.4. The minimum atomic E-state index is -0.881. The van der Waals surface area contributed by atoms with Crippen molar-refractivity contribution in [1.82, 2.24) is 0 Å². The average molecular weight is 747 g/mol. The van der Waals surface area contributed by atoms with Crippen LogP contribution in [-0.2, 0) is 28.6 Å². The van der Waals surface area contributed by atoms with Gasteiger partial charge in [0, 0.05) is 19.3 Å². The number of rotatable bonds is 37. The Hall–Kier alpha value is -2.71. The van der Waals surface area contributed by atoms with E-state index in [0.717, 1.165) is 96.3 Å². The topological polar surface area (TPSA) is 99.1 Å². The summed E-state index contributed by atoms with van der Waals surface area (Å²) < 4.78 is 17.2. The van der Waals surface area contributed by atoms with Crippen molar-refractivity contribution in [2.24, 2.45) is 0 Å². The van der Waals surface area contributed by atoms with Crippen LogP contribution in [0.25, 0.3) is 0 Å². The molecule has 0 bridgehead atoms. The lowest BCUT2D eigenvalue weighted by molar-refractivity contribution is -0.887. The van der Waals surface area contributed by atoms with Crippen molar-refractivity contribution >= 4 is 17.9 Å². The second kappa shape index (κ2) is 36.3. The molecule has 0 aliphatic rings. The summed E-state index contributed by atoms with van der Waals surface area (Å²) >= 11 is 0. The van der Waals surface area contributed by atoms with E-state index < -0.39 is 18.1 Å². The fourth-order valence-electron chi connectivity index (χ4n) is 5.86. The number of hydrogen-bond acceptors (Lipinski definition) is 6. The van der Waals surface area contributed by atoms with E-state index in [-0.39, 0.29) is 36.2 Å². The molecule has 8 heteroatoms. The molecule has 0 aromatic carbocycles. The van der Waals surface area contributed by atoms with E-state index in [1.54, 1.807) is 0 Å². The van der Waals surface area contributed by atoms with Gasteiger partial charge < -0.3 is 23.8 Å². The summed E-state index contributed by atoms with van der Waals surface area (Å²) in [5.74, 6) is -1.51. The predicted octanol–water partition coefficient (Wildman–Crippen LogP) is 11.2. The number of quaternary nitrogens is 1. The number of unbranched alkanes of at least 4 members (excludes halogenated alkanes) is 15. The van der Waals surface area contributed by atoms with Crippen LogP contribution >= 0.6 is 0 Å². The standard InChI is InChI=1S/C45H79NO7/c1-6-8-10-12-14-16-18-20-21-22-24-26-28-30-32-34-36-44(48)53-41(39-51-38-37-42(45(49)50)46(3,4)5)40-52-43(47)35-33-31-29-27-25-23-19-17-15-13-11-9-7-2/h11,13,16-19,21-22,41-42H,6-10,12,14-15,20,23-40H2,1-5H3/p+1/b13-11-,18-16-,19-17-,22-21-. The van der Waals surface area contributed by atoms with Crippen LogP contribution in [0.5, 0.6) is 0 Å². The quantitative estimate of drug-likeness (QED) is 0.0292. The minimum absolute atomic E-state index is 0.0498. The Labute approximate surface area is 325 Å². The average Bonchev–Trinajstić information content (AvgIpc) is 3.11. The van der Waals surface area contributed by atoms with Crippen molar-refractivity contribution < 1.29 is 38.2 Å². The molecular weight excluding hydrogens is 666 g/mol. The van der Waals surface area contributed by atoms with Crippen molar-refractivity contribution in [2.45, 2.75) is 180 Å². The molecule has 1 N–H and O–H groups in total. The fourth-order valence-corrected chi connectivity index (χ4v) is 5.86. The lowest BCUT2D eigenvalue weighted by Crippen LogP contribution is -2.50. The van der Waals surface area contributed by atoms with Crippen LogP contribution in [0.3, 0.4) is 0 Å². The third-order valence-electron chi connectivity index (χ3n) is 9.18. The largest absolute Gasteiger partial charge is 0.477 e. The van der Waals surface area contributed by atoms with Crippen LogP contribution in [0.15, 0.2) is 48.6 Å². The molecule has 0 aliphatic carbocycles. The first-order valence-corrected chi connectivity index (χ1v) is 21.2. The van der Waals surface area contributed by atoms with Gasteiger partial charge in [0.25, 0.3) is 0 Å². The van der Waals surface area contributed by atoms with Crippen LogP contribution in [0, 0.1) is 0 Å². The molecule has 0 spiro atoms. The zero-order valence-corrected chi connectivity index (χ0v) is 34.7. The van der Waals surface area contributed by atoms with Crippen molar-refractivity contribution in [2.75, 3.05) is 41.0 Å². The Morgan fingerprint density at radius 2 is 1.04 bits per heavy atom. The summed E-state index contributed by atoms with van der Waals surface area (Å²) in [5.41, 5.74) is 0. The van der Waals surface area contributed by atoms with E-state index >= 15 is 0 Å². The molecule has 2 atom stereocenters. The van der Waals surface area contributed by atoms with Gasteiger partial charge in [-0.2, -0.15) is 0 Å². The molecule has 0 amide bonds. The predicted molar refractivity (Wildman–Crippen MR) is 220 cm³/mol. The van der Waals surface area contributed by atoms with Gasteiger partial charge in [0.1, 0.15) is 6.61 Å². The van der Waals surface area contributed by atoms with Gasteiger partial charge in [0.2, 0.25) is 0 Å². The van der Waals surface area contributed by atoms with Crippen molar-refractivity contribution in [1.29, 1.82) is 0 Å². The highest BCUT2D eigenvalue weighted by Crippen LogP contribution is 2.13. The Morgan fingerprint density at radius 3 is 1.53 bits per heavy atom. The van der Waals surface area contributed by atoms with E-state index in [4.69, 9.17) is 14.2 Å². The van der Waals surface area contributed by atoms with Gasteiger partial charge in [-0.1, -0.05) is 127 Å². The van der Waals surface area contributed by atoms with Gasteiger partial charge in [0.05, 0.1) is 34.4 Å². The third-order valence-corrected chi connectivity index (χ3v) is 9.18. The SMILES string of the molecule is CCC/C=C\C/C=C\CCCCCCCC(=O)OCC(COCCC(C(=O)O)[N+](C)(C)C)OC(=O)CCCCCCC/C=C\C/C=C\CCCCCC. The first-order chi connectivity index (χ1) is 25.6. The maximum Gasteiger partial charge on any atom is 0.362 e. The highest BCUT2D eigenvalue weighted by Gasteiger charge is 2.31. The molecule has 0 aromatic rings. The van der Waals surface area contributed by atoms with Gasteiger partial charge in [-0.25, -0.2) is 4.79 Å². The van der Waals surface area contributed by atoms with Crippen molar-refractivity contribution in [3.05, 3.63) is 48.6 Å². The third kappa shape index (κ3) is 34.8.